The second-order valence-corrected chi connectivity index (χ2v) is 7.32. The number of pyridine rings is 1. The highest BCUT2D eigenvalue weighted by molar-refractivity contribution is 5.94. The Morgan fingerprint density at radius 3 is 2.21 bits per heavy atom. The summed E-state index contributed by atoms with van der Waals surface area (Å²) < 4.78 is 35.2. The third kappa shape index (κ3) is 5.01. The average molecular weight is 462 g/mol. The van der Waals surface area contributed by atoms with E-state index in [0.29, 0.717) is 40.0 Å². The number of aromatic nitrogens is 1. The molecule has 3 aromatic carbocycles. The Kier molecular flexibility index (Phi) is 6.77. The molecule has 0 bridgehead atoms. The van der Waals surface area contributed by atoms with Crippen molar-refractivity contribution >= 4 is 22.5 Å². The highest BCUT2D eigenvalue weighted by atomic mass is 19.1. The minimum atomic E-state index is -0.364. The lowest BCUT2D eigenvalue weighted by molar-refractivity contribution is -0.120. The molecule has 4 aromatic rings. The molecule has 174 valence electrons. The number of hydrogen-bond acceptors (Lipinski definition) is 6. The maximum Gasteiger partial charge on any atom is 0.264 e. The van der Waals surface area contributed by atoms with E-state index >= 15 is 0 Å². The Hall–Kier alpha value is -4.33. The molecule has 4 rings (SSSR count). The van der Waals surface area contributed by atoms with Gasteiger partial charge in [-0.1, -0.05) is 0 Å². The summed E-state index contributed by atoms with van der Waals surface area (Å²) in [4.78, 5) is 18.3. The number of fused-ring (bicyclic) bond motifs is 1. The molecule has 0 spiro atoms. The molecule has 0 unspecified atom stereocenters. The number of halogens is 1. The maximum absolute atomic E-state index is 13.0. The lowest BCUT2D eigenvalue weighted by Crippen LogP contribution is -2.31. The number of carbonyl (C=O) groups excluding carboxylic acids is 1. The molecule has 0 N–H and O–H groups in total. The summed E-state index contributed by atoms with van der Waals surface area (Å²) in [5.41, 5.74) is 1.38. The van der Waals surface area contributed by atoms with Crippen LogP contribution in [0.25, 0.3) is 10.9 Å². The number of nitrogens with zero attached hydrogens (tertiary/aromatic N) is 2. The van der Waals surface area contributed by atoms with Gasteiger partial charge in [-0.25, -0.2) is 4.39 Å². The topological polar surface area (TPSA) is 70.1 Å². The molecule has 0 radical (unpaired) electrons. The first kappa shape index (κ1) is 22.8. The summed E-state index contributed by atoms with van der Waals surface area (Å²) in [5.74, 6) is 2.17. The average Bonchev–Trinajstić information content (AvgIpc) is 2.87. The monoisotopic (exact) mass is 462 g/mol. The molecule has 1 amide bonds. The number of carbonyl (C=O) groups is 1. The van der Waals surface area contributed by atoms with E-state index in [0.717, 1.165) is 5.39 Å². The fourth-order valence-corrected chi connectivity index (χ4v) is 3.32. The minimum absolute atomic E-state index is 0.172. The number of amides is 1. The molecular weight excluding hydrogens is 439 g/mol. The van der Waals surface area contributed by atoms with Crippen LogP contribution in [0.15, 0.2) is 72.9 Å². The fourth-order valence-electron chi connectivity index (χ4n) is 3.32. The van der Waals surface area contributed by atoms with Crippen molar-refractivity contribution in [3.8, 4) is 28.7 Å². The number of anilines is 1. The van der Waals surface area contributed by atoms with Crippen molar-refractivity contribution in [1.29, 1.82) is 0 Å². The first-order valence-electron chi connectivity index (χ1n) is 10.4. The predicted octanol–water partition coefficient (Wildman–Crippen LogP) is 5.23. The highest BCUT2D eigenvalue weighted by Gasteiger charge is 2.14. The number of rotatable bonds is 8. The summed E-state index contributed by atoms with van der Waals surface area (Å²) in [6, 6.07) is 18.0. The van der Waals surface area contributed by atoms with Crippen LogP contribution in [0, 0.1) is 5.82 Å². The second-order valence-electron chi connectivity index (χ2n) is 7.32. The van der Waals surface area contributed by atoms with Crippen molar-refractivity contribution in [1.82, 2.24) is 4.98 Å². The lowest BCUT2D eigenvalue weighted by atomic mass is 10.2. The zero-order valence-corrected chi connectivity index (χ0v) is 18.9. The third-order valence-corrected chi connectivity index (χ3v) is 5.21. The summed E-state index contributed by atoms with van der Waals surface area (Å²) in [7, 11) is 4.80. The predicted molar refractivity (Wildman–Crippen MR) is 127 cm³/mol. The van der Waals surface area contributed by atoms with Gasteiger partial charge in [0.1, 0.15) is 23.1 Å². The van der Waals surface area contributed by atoms with Gasteiger partial charge in [0.2, 0.25) is 0 Å². The van der Waals surface area contributed by atoms with Crippen molar-refractivity contribution in [2.75, 3.05) is 32.8 Å². The van der Waals surface area contributed by atoms with Crippen LogP contribution in [-0.4, -0.2) is 38.8 Å². The van der Waals surface area contributed by atoms with Crippen molar-refractivity contribution in [2.24, 2.45) is 0 Å². The minimum Gasteiger partial charge on any atom is -0.493 e. The summed E-state index contributed by atoms with van der Waals surface area (Å²) in [6.45, 7) is -0.172. The van der Waals surface area contributed by atoms with Crippen molar-refractivity contribution in [2.45, 2.75) is 0 Å². The third-order valence-electron chi connectivity index (χ3n) is 5.21. The molecule has 7 nitrogen and oxygen atoms in total. The van der Waals surface area contributed by atoms with Gasteiger partial charge in [-0.3, -0.25) is 9.78 Å². The quantitative estimate of drug-likeness (QED) is 0.357. The van der Waals surface area contributed by atoms with Gasteiger partial charge in [-0.2, -0.15) is 0 Å². The van der Waals surface area contributed by atoms with E-state index in [2.05, 4.69) is 4.98 Å². The highest BCUT2D eigenvalue weighted by Crippen LogP contribution is 2.37. The van der Waals surface area contributed by atoms with Gasteiger partial charge in [0.25, 0.3) is 5.91 Å². The van der Waals surface area contributed by atoms with Gasteiger partial charge in [-0.15, -0.1) is 0 Å². The standard InChI is InChI=1S/C26H23FN2O5/c1-29(26(30)16-33-19-8-4-17(27)5-9-19)18-6-10-20(11-7-18)34-23-12-13-28-22-15-25(32-3)24(31-2)14-21(22)23/h4-15H,16H2,1-3H3. The smallest absolute Gasteiger partial charge is 0.264 e. The van der Waals surface area contributed by atoms with Crippen LogP contribution in [0.4, 0.5) is 10.1 Å². The Bertz CT molecular complexity index is 1290. The Balaban J connectivity index is 1.45. The van der Waals surface area contributed by atoms with Crippen LogP contribution < -0.4 is 23.8 Å². The fraction of sp³-hybridized carbons (Fsp3) is 0.154. The zero-order valence-electron chi connectivity index (χ0n) is 18.9. The molecule has 0 aliphatic carbocycles. The molecule has 1 aromatic heterocycles. The molecule has 34 heavy (non-hydrogen) atoms. The Morgan fingerprint density at radius 2 is 1.53 bits per heavy atom. The normalized spacial score (nSPS) is 10.6. The molecule has 0 aliphatic rings. The second kappa shape index (κ2) is 10.1. The first-order valence-corrected chi connectivity index (χ1v) is 10.4. The van der Waals surface area contributed by atoms with Crippen molar-refractivity contribution in [3.63, 3.8) is 0 Å². The number of methoxy groups -OCH3 is 2. The van der Waals surface area contributed by atoms with E-state index in [-0.39, 0.29) is 18.3 Å². The van der Waals surface area contributed by atoms with Crippen molar-refractivity contribution < 1.29 is 28.1 Å². The van der Waals surface area contributed by atoms with Crippen LogP contribution in [0.2, 0.25) is 0 Å². The van der Waals surface area contributed by atoms with E-state index in [1.807, 2.05) is 6.07 Å². The number of ether oxygens (including phenoxy) is 4. The van der Waals surface area contributed by atoms with Crippen LogP contribution in [0.3, 0.4) is 0 Å². The van der Waals surface area contributed by atoms with Gasteiger partial charge in [-0.05, 0) is 60.7 Å². The molecule has 1 heterocycles. The molecule has 0 saturated carbocycles. The number of hydrogen-bond donors (Lipinski definition) is 0. The maximum atomic E-state index is 13.0. The van der Waals surface area contributed by atoms with E-state index in [1.54, 1.807) is 63.9 Å². The molecule has 0 fully saturated rings. The van der Waals surface area contributed by atoms with Crippen LogP contribution >= 0.6 is 0 Å². The van der Waals surface area contributed by atoms with Gasteiger partial charge >= 0.3 is 0 Å². The molecule has 0 atom stereocenters. The van der Waals surface area contributed by atoms with Crippen LogP contribution in [-0.2, 0) is 4.79 Å². The molecule has 0 saturated heterocycles. The van der Waals surface area contributed by atoms with E-state index in [9.17, 15) is 9.18 Å². The Labute approximate surface area is 196 Å². The summed E-state index contributed by atoms with van der Waals surface area (Å²) >= 11 is 0. The number of benzene rings is 3. The molecule has 0 aliphatic heterocycles. The van der Waals surface area contributed by atoms with E-state index in [1.165, 1.54) is 29.2 Å². The van der Waals surface area contributed by atoms with Gasteiger partial charge < -0.3 is 23.8 Å². The van der Waals surface area contributed by atoms with Crippen molar-refractivity contribution in [3.05, 3.63) is 78.7 Å². The summed E-state index contributed by atoms with van der Waals surface area (Å²) in [6.07, 6.45) is 1.66. The van der Waals surface area contributed by atoms with Crippen LogP contribution in [0.5, 0.6) is 28.7 Å². The SMILES string of the molecule is COc1cc2nccc(Oc3ccc(N(C)C(=O)COc4ccc(F)cc4)cc3)c2cc1OC. The lowest BCUT2D eigenvalue weighted by Gasteiger charge is -2.18. The van der Waals surface area contributed by atoms with Gasteiger partial charge in [0, 0.05) is 30.4 Å². The number of likely N-dealkylation sites (N-methyl/N-ethyl adjacent to an activating group) is 1. The zero-order chi connectivity index (χ0) is 24.1. The van der Waals surface area contributed by atoms with Gasteiger partial charge in [0.05, 0.1) is 19.7 Å². The largest absolute Gasteiger partial charge is 0.493 e. The van der Waals surface area contributed by atoms with Gasteiger partial charge in [0.15, 0.2) is 18.1 Å². The first-order chi connectivity index (χ1) is 16.5. The Morgan fingerprint density at radius 1 is 0.882 bits per heavy atom. The van der Waals surface area contributed by atoms with E-state index < -0.39 is 0 Å². The summed E-state index contributed by atoms with van der Waals surface area (Å²) in [5, 5.41) is 0.773. The molecular formula is C26H23FN2O5. The van der Waals surface area contributed by atoms with Crippen LogP contribution in [0.1, 0.15) is 0 Å². The van der Waals surface area contributed by atoms with E-state index in [4.69, 9.17) is 18.9 Å². The molecule has 8 heteroatoms.